The maximum Gasteiger partial charge on any atom is 0.327 e. The van der Waals surface area contributed by atoms with E-state index in [0.717, 1.165) is 19.8 Å². The second-order valence-corrected chi connectivity index (χ2v) is 7.00. The molecule has 0 aliphatic heterocycles. The maximum atomic E-state index is 11.7. The topological polar surface area (TPSA) is 130 Å². The SMILES string of the molecule is CC(=O)N[C@@H](CS(=O)(=O)CC(=O)NCC1CC1)C(=O)O. The smallest absolute Gasteiger partial charge is 0.327 e. The molecule has 1 rings (SSSR count). The second-order valence-electron chi connectivity index (χ2n) is 4.89. The molecule has 2 amide bonds. The third-order valence-corrected chi connectivity index (χ3v) is 4.28. The van der Waals surface area contributed by atoms with Gasteiger partial charge in [0.15, 0.2) is 9.84 Å². The number of amides is 2. The summed E-state index contributed by atoms with van der Waals surface area (Å²) in [6, 6.07) is -1.55. The van der Waals surface area contributed by atoms with Gasteiger partial charge in [0.1, 0.15) is 11.8 Å². The number of aliphatic carboxylic acids is 1. The van der Waals surface area contributed by atoms with Crippen LogP contribution in [0.5, 0.6) is 0 Å². The molecule has 114 valence electrons. The molecule has 9 heteroatoms. The van der Waals surface area contributed by atoms with Crippen LogP contribution in [0.4, 0.5) is 0 Å². The van der Waals surface area contributed by atoms with Crippen molar-refractivity contribution >= 4 is 27.6 Å². The number of sulfone groups is 1. The Morgan fingerprint density at radius 3 is 2.35 bits per heavy atom. The van der Waals surface area contributed by atoms with Gasteiger partial charge in [-0.05, 0) is 18.8 Å². The van der Waals surface area contributed by atoms with Crippen LogP contribution in [0, 0.1) is 5.92 Å². The Kier molecular flexibility index (Phi) is 5.49. The Hall–Kier alpha value is -1.64. The second kappa shape index (κ2) is 6.69. The summed E-state index contributed by atoms with van der Waals surface area (Å²) in [5.41, 5.74) is 0. The summed E-state index contributed by atoms with van der Waals surface area (Å²) in [5, 5.41) is 13.3. The van der Waals surface area contributed by atoms with Crippen LogP contribution in [-0.4, -0.2) is 55.4 Å². The first-order valence-corrected chi connectivity index (χ1v) is 7.99. The number of carboxylic acid groups (broad SMARTS) is 1. The van der Waals surface area contributed by atoms with Crippen LogP contribution in [0.3, 0.4) is 0 Å². The largest absolute Gasteiger partial charge is 0.480 e. The van der Waals surface area contributed by atoms with Crippen molar-refractivity contribution in [2.75, 3.05) is 18.1 Å². The number of nitrogens with one attached hydrogen (secondary N) is 2. The zero-order valence-electron chi connectivity index (χ0n) is 11.1. The van der Waals surface area contributed by atoms with Crippen LogP contribution < -0.4 is 10.6 Å². The van der Waals surface area contributed by atoms with E-state index in [2.05, 4.69) is 5.32 Å². The number of carbonyl (C=O) groups excluding carboxylic acids is 2. The average Bonchev–Trinajstić information content (AvgIpc) is 3.07. The van der Waals surface area contributed by atoms with Crippen molar-refractivity contribution in [1.29, 1.82) is 0 Å². The number of carbonyl (C=O) groups is 3. The molecule has 1 aliphatic carbocycles. The van der Waals surface area contributed by atoms with E-state index in [1.54, 1.807) is 0 Å². The van der Waals surface area contributed by atoms with Crippen molar-refractivity contribution in [2.45, 2.75) is 25.8 Å². The molecule has 1 atom stereocenters. The van der Waals surface area contributed by atoms with Gasteiger partial charge in [0.25, 0.3) is 0 Å². The predicted octanol–water partition coefficient (Wildman–Crippen LogP) is -1.48. The molecular weight excluding hydrogens is 288 g/mol. The minimum Gasteiger partial charge on any atom is -0.480 e. The first kappa shape index (κ1) is 16.4. The van der Waals surface area contributed by atoms with E-state index in [0.29, 0.717) is 12.5 Å². The molecule has 0 heterocycles. The van der Waals surface area contributed by atoms with Crippen LogP contribution in [-0.2, 0) is 24.2 Å². The van der Waals surface area contributed by atoms with Gasteiger partial charge < -0.3 is 15.7 Å². The monoisotopic (exact) mass is 306 g/mol. The Morgan fingerprint density at radius 1 is 1.30 bits per heavy atom. The van der Waals surface area contributed by atoms with E-state index in [9.17, 15) is 22.8 Å². The Morgan fingerprint density at radius 2 is 1.90 bits per heavy atom. The minimum absolute atomic E-state index is 0.424. The first-order chi connectivity index (χ1) is 9.19. The Balaban J connectivity index is 2.50. The van der Waals surface area contributed by atoms with Crippen LogP contribution in [0.25, 0.3) is 0 Å². The molecule has 0 unspecified atom stereocenters. The van der Waals surface area contributed by atoms with Crippen molar-refractivity contribution in [3.8, 4) is 0 Å². The van der Waals surface area contributed by atoms with E-state index in [-0.39, 0.29) is 0 Å². The van der Waals surface area contributed by atoms with Gasteiger partial charge in [0.05, 0.1) is 5.75 Å². The van der Waals surface area contributed by atoms with Gasteiger partial charge in [-0.3, -0.25) is 9.59 Å². The van der Waals surface area contributed by atoms with Crippen molar-refractivity contribution in [2.24, 2.45) is 5.92 Å². The highest BCUT2D eigenvalue weighted by atomic mass is 32.2. The number of hydrogen-bond donors (Lipinski definition) is 3. The average molecular weight is 306 g/mol. The number of rotatable bonds is 8. The lowest BCUT2D eigenvalue weighted by atomic mass is 10.3. The van der Waals surface area contributed by atoms with E-state index < -0.39 is 45.2 Å². The lowest BCUT2D eigenvalue weighted by Crippen LogP contribution is -2.46. The standard InChI is InChI=1S/C11H18N2O6S/c1-7(14)13-9(11(16)17)5-20(18,19)6-10(15)12-4-8-2-3-8/h8-9H,2-6H2,1H3,(H,12,15)(H,13,14)(H,16,17)/t9-/m0/s1. The van der Waals surface area contributed by atoms with Crippen LogP contribution in [0.2, 0.25) is 0 Å². The quantitative estimate of drug-likeness (QED) is 0.501. The third kappa shape index (κ3) is 6.50. The zero-order chi connectivity index (χ0) is 15.3. The molecule has 1 saturated carbocycles. The molecule has 0 aromatic heterocycles. The summed E-state index contributed by atoms with van der Waals surface area (Å²) >= 11 is 0. The molecule has 1 fully saturated rings. The van der Waals surface area contributed by atoms with Gasteiger partial charge in [0.2, 0.25) is 11.8 Å². The molecule has 3 N–H and O–H groups in total. The number of carboxylic acids is 1. The normalized spacial score (nSPS) is 16.2. The van der Waals surface area contributed by atoms with E-state index in [4.69, 9.17) is 5.11 Å². The summed E-state index contributed by atoms with van der Waals surface area (Å²) in [6.07, 6.45) is 2.05. The Labute approximate surface area is 116 Å². The molecule has 0 aromatic rings. The van der Waals surface area contributed by atoms with E-state index in [1.807, 2.05) is 5.32 Å². The van der Waals surface area contributed by atoms with Gasteiger partial charge >= 0.3 is 5.97 Å². The summed E-state index contributed by atoms with van der Waals surface area (Å²) in [7, 11) is -3.91. The third-order valence-electron chi connectivity index (χ3n) is 2.73. The fourth-order valence-electron chi connectivity index (χ4n) is 1.56. The summed E-state index contributed by atoms with van der Waals surface area (Å²) in [4.78, 5) is 33.1. The van der Waals surface area contributed by atoms with Crippen molar-refractivity contribution < 1.29 is 27.9 Å². The van der Waals surface area contributed by atoms with E-state index >= 15 is 0 Å². The Bertz CT molecular complexity index is 497. The molecule has 0 spiro atoms. The number of hydrogen-bond acceptors (Lipinski definition) is 5. The van der Waals surface area contributed by atoms with Crippen LogP contribution in [0.1, 0.15) is 19.8 Å². The fourth-order valence-corrected chi connectivity index (χ4v) is 2.92. The lowest BCUT2D eigenvalue weighted by Gasteiger charge is -2.13. The molecule has 0 aromatic carbocycles. The van der Waals surface area contributed by atoms with Gasteiger partial charge in [-0.2, -0.15) is 0 Å². The highest BCUT2D eigenvalue weighted by Crippen LogP contribution is 2.27. The zero-order valence-corrected chi connectivity index (χ0v) is 11.9. The van der Waals surface area contributed by atoms with Crippen LogP contribution >= 0.6 is 0 Å². The van der Waals surface area contributed by atoms with Crippen molar-refractivity contribution in [3.05, 3.63) is 0 Å². The molecule has 0 saturated heterocycles. The summed E-state index contributed by atoms with van der Waals surface area (Å²) in [6.45, 7) is 1.54. The maximum absolute atomic E-state index is 11.7. The lowest BCUT2D eigenvalue weighted by molar-refractivity contribution is -0.140. The highest BCUT2D eigenvalue weighted by molar-refractivity contribution is 7.92. The summed E-state index contributed by atoms with van der Waals surface area (Å²) in [5.74, 6) is -3.91. The van der Waals surface area contributed by atoms with Gasteiger partial charge in [-0.25, -0.2) is 13.2 Å². The molecule has 8 nitrogen and oxygen atoms in total. The van der Waals surface area contributed by atoms with Gasteiger partial charge in [-0.15, -0.1) is 0 Å². The van der Waals surface area contributed by atoms with Gasteiger partial charge in [0, 0.05) is 13.5 Å². The van der Waals surface area contributed by atoms with Gasteiger partial charge in [-0.1, -0.05) is 0 Å². The summed E-state index contributed by atoms with van der Waals surface area (Å²) < 4.78 is 23.4. The molecule has 1 aliphatic rings. The fraction of sp³-hybridized carbons (Fsp3) is 0.727. The van der Waals surface area contributed by atoms with Crippen molar-refractivity contribution in [3.63, 3.8) is 0 Å². The van der Waals surface area contributed by atoms with E-state index in [1.165, 1.54) is 0 Å². The molecule has 20 heavy (non-hydrogen) atoms. The van der Waals surface area contributed by atoms with Crippen LogP contribution in [0.15, 0.2) is 0 Å². The van der Waals surface area contributed by atoms with Crippen molar-refractivity contribution in [1.82, 2.24) is 10.6 Å². The molecular formula is C11H18N2O6S. The minimum atomic E-state index is -3.91. The first-order valence-electron chi connectivity index (χ1n) is 6.16. The highest BCUT2D eigenvalue weighted by Gasteiger charge is 2.28. The predicted molar refractivity (Wildman–Crippen MR) is 69.6 cm³/mol. The molecule has 0 radical (unpaired) electrons. The molecule has 0 bridgehead atoms.